The fourth-order valence-electron chi connectivity index (χ4n) is 14.6. The number of H-pyrrole nitrogens is 2. The molecule has 0 bridgehead atoms. The van der Waals surface area contributed by atoms with Crippen molar-refractivity contribution in [2.24, 2.45) is 29.0 Å². The van der Waals surface area contributed by atoms with Gasteiger partial charge in [-0.1, -0.05) is 102 Å². The van der Waals surface area contributed by atoms with E-state index in [9.17, 15) is 82.1 Å². The number of aromatic nitrogens is 3. The minimum Gasteiger partial charge on any atom is -0.508 e. The maximum atomic E-state index is 15.1. The van der Waals surface area contributed by atoms with E-state index >= 15 is 4.79 Å². The van der Waals surface area contributed by atoms with Gasteiger partial charge in [-0.2, -0.15) is 0 Å². The molecule has 21 N–H and O–H groups in total. The largest absolute Gasteiger partial charge is 0.508 e. The number of halogens is 1. The molecule has 0 radical (unpaired) electrons. The summed E-state index contributed by atoms with van der Waals surface area (Å²) >= 11 is 6.14. The van der Waals surface area contributed by atoms with E-state index in [1.165, 1.54) is 53.5 Å². The van der Waals surface area contributed by atoms with Crippen molar-refractivity contribution in [1.29, 1.82) is 0 Å². The third-order valence-corrected chi connectivity index (χ3v) is 21.1. The zero-order valence-electron chi connectivity index (χ0n) is 69.1. The summed E-state index contributed by atoms with van der Waals surface area (Å²) in [5, 5.41) is 50.3. The Balaban J connectivity index is 1.03. The van der Waals surface area contributed by atoms with Crippen LogP contribution in [0.3, 0.4) is 0 Å². The monoisotopic (exact) mass is 1700 g/mol. The van der Waals surface area contributed by atoms with E-state index in [0.717, 1.165) is 0 Å². The Morgan fingerprint density at radius 2 is 0.983 bits per heavy atom. The van der Waals surface area contributed by atoms with Gasteiger partial charge in [-0.25, -0.2) is 9.78 Å². The zero-order valence-corrected chi connectivity index (χ0v) is 69.8. The van der Waals surface area contributed by atoms with Crippen molar-refractivity contribution in [3.8, 4) is 5.75 Å². The van der Waals surface area contributed by atoms with Crippen molar-refractivity contribution in [1.82, 2.24) is 83.2 Å². The van der Waals surface area contributed by atoms with E-state index < -0.39 is 193 Å². The van der Waals surface area contributed by atoms with Crippen LogP contribution in [0.5, 0.6) is 5.75 Å². The summed E-state index contributed by atoms with van der Waals surface area (Å²) in [6, 6.07) is 3.24. The number of likely N-dealkylation sites (tertiary alicyclic amines) is 2. The van der Waals surface area contributed by atoms with E-state index in [-0.39, 0.29) is 108 Å². The summed E-state index contributed by atoms with van der Waals surface area (Å²) in [7, 11) is 0. The lowest BCUT2D eigenvalue weighted by Gasteiger charge is -2.31. The molecule has 0 unspecified atom stereocenters. The molecule has 4 heterocycles. The number of hydrogen-bond acceptors (Lipinski definition) is 19. The number of carboxylic acids is 1. The number of carbonyl (C=O) groups is 16. The molecule has 2 fully saturated rings. The van der Waals surface area contributed by atoms with Gasteiger partial charge in [0, 0.05) is 86.9 Å². The topological polar surface area (TPSA) is 575 Å². The normalized spacial score (nSPS) is 16.3. The summed E-state index contributed by atoms with van der Waals surface area (Å²) in [4.78, 5) is 236. The highest BCUT2D eigenvalue weighted by molar-refractivity contribution is 6.30. The molecule has 3 aromatic carbocycles. The number of carbonyl (C=O) groups excluding carboxylic acids is 15. The molecule has 0 aliphatic carbocycles. The minimum absolute atomic E-state index is 0.00295. The van der Waals surface area contributed by atoms with Gasteiger partial charge in [-0.15, -0.1) is 0 Å². The third kappa shape index (κ3) is 30.6. The number of para-hydroxylation sites is 1. The van der Waals surface area contributed by atoms with Crippen LogP contribution < -0.4 is 75.7 Å². The first-order valence-corrected chi connectivity index (χ1v) is 41.4. The number of imidazole rings is 1. The number of phenols is 1. The SMILES string of the molecule is CCCC[C@H](NC(=O)[C@@H]1CCCN1C(=O)[C@H](CCC(N)=O)NC(=O)CNC(=O)[C@@H]1CCCN1C(=O)[C@H](CCCCN)NC(=O)[C@H](CC(C)C)NC(=O)[C@H](CCC(N)=O)NC(=O)[C@H](CC(C)C)NC(=O)[C@H](Cc1c[nH]c2ccccc12)NC(=O)[C@H](Cc1c[nH]cn1)NC(=O)[C@H](Cc1ccc(Cl)cc1)NC(C)=O)C(=O)N[C@@H](Cc1ccc(O)cc1)C(=O)O. The summed E-state index contributed by atoms with van der Waals surface area (Å²) in [6.07, 6.45) is 5.12. The number of phenolic OH excluding ortho intramolecular Hbond substituents is 1. The van der Waals surface area contributed by atoms with Crippen LogP contribution in [0, 0.1) is 11.8 Å². The lowest BCUT2D eigenvalue weighted by molar-refractivity contribution is -0.144. The molecule has 2 aromatic heterocycles. The number of aromatic amines is 2. The first kappa shape index (κ1) is 96.1. The van der Waals surface area contributed by atoms with E-state index in [0.29, 0.717) is 76.8 Å². The van der Waals surface area contributed by atoms with E-state index in [2.05, 4.69) is 73.4 Å². The van der Waals surface area contributed by atoms with Crippen molar-refractivity contribution in [2.45, 2.75) is 242 Å². The lowest BCUT2D eigenvalue weighted by Crippen LogP contribution is -2.61. The van der Waals surface area contributed by atoms with Gasteiger partial charge in [0.25, 0.3) is 0 Å². The van der Waals surface area contributed by atoms with Crippen LogP contribution in [-0.2, 0) is 102 Å². The predicted octanol–water partition coefficient (Wildman–Crippen LogP) is 0.514. The first-order valence-electron chi connectivity index (χ1n) is 41.0. The quantitative estimate of drug-likeness (QED) is 0.0236. The number of aromatic hydroxyl groups is 1. The van der Waals surface area contributed by atoms with E-state index in [1.54, 1.807) is 76.4 Å². The molecule has 658 valence electrons. The average molecular weight is 1700 g/mol. The number of nitrogens with one attached hydrogen (secondary N) is 13. The Labute approximate surface area is 706 Å². The molecule has 12 atom stereocenters. The highest BCUT2D eigenvalue weighted by atomic mass is 35.5. The molecular weight excluding hydrogens is 1590 g/mol. The molecule has 2 saturated heterocycles. The fraction of sp³-hybridized carbons (Fsp3) is 0.530. The maximum absolute atomic E-state index is 15.1. The van der Waals surface area contributed by atoms with Crippen molar-refractivity contribution < 1.29 is 86.9 Å². The number of benzene rings is 3. The Bertz CT molecular complexity index is 4410. The lowest BCUT2D eigenvalue weighted by atomic mass is 9.99. The second kappa shape index (κ2) is 47.7. The highest BCUT2D eigenvalue weighted by Crippen LogP contribution is 2.25. The van der Waals surface area contributed by atoms with Crippen LogP contribution in [0.15, 0.2) is 91.5 Å². The Morgan fingerprint density at radius 3 is 1.51 bits per heavy atom. The van der Waals surface area contributed by atoms with Gasteiger partial charge in [0.1, 0.15) is 78.3 Å². The second-order valence-corrected chi connectivity index (χ2v) is 32.0. The van der Waals surface area contributed by atoms with Crippen LogP contribution in [0.2, 0.25) is 5.02 Å². The van der Waals surface area contributed by atoms with Gasteiger partial charge in [-0.3, -0.25) is 71.9 Å². The second-order valence-electron chi connectivity index (χ2n) is 31.5. The molecule has 38 heteroatoms. The summed E-state index contributed by atoms with van der Waals surface area (Å²) in [6.45, 7) is 9.66. The van der Waals surface area contributed by atoms with Crippen LogP contribution in [0.25, 0.3) is 10.9 Å². The van der Waals surface area contributed by atoms with Gasteiger partial charge in [0.05, 0.1) is 18.6 Å². The van der Waals surface area contributed by atoms with Gasteiger partial charge >= 0.3 is 5.97 Å². The molecule has 37 nitrogen and oxygen atoms in total. The smallest absolute Gasteiger partial charge is 0.326 e. The van der Waals surface area contributed by atoms with Gasteiger partial charge in [-0.05, 0) is 142 Å². The molecule has 15 amide bonds. The summed E-state index contributed by atoms with van der Waals surface area (Å²) in [5.41, 5.74) is 19.8. The van der Waals surface area contributed by atoms with Crippen LogP contribution in [0.4, 0.5) is 0 Å². The molecule has 0 spiro atoms. The number of aliphatic carboxylic acids is 1. The van der Waals surface area contributed by atoms with Gasteiger partial charge in [0.2, 0.25) is 88.6 Å². The molecule has 5 aromatic rings. The van der Waals surface area contributed by atoms with Crippen molar-refractivity contribution in [2.75, 3.05) is 26.2 Å². The summed E-state index contributed by atoms with van der Waals surface area (Å²) in [5.74, 6) is -14.1. The number of hydrogen-bond donors (Lipinski definition) is 18. The first-order chi connectivity index (χ1) is 57.6. The van der Waals surface area contributed by atoms with Crippen molar-refractivity contribution >= 4 is 117 Å². The number of primary amides is 2. The minimum atomic E-state index is -1.60. The fourth-order valence-corrected chi connectivity index (χ4v) is 14.7. The molecule has 2 aliphatic heterocycles. The molecular formula is C83H116ClN19O18. The van der Waals surface area contributed by atoms with Crippen molar-refractivity contribution in [3.05, 3.63) is 119 Å². The van der Waals surface area contributed by atoms with Gasteiger partial charge < -0.3 is 106 Å². The Kier molecular flexibility index (Phi) is 37.9. The van der Waals surface area contributed by atoms with Crippen molar-refractivity contribution in [3.63, 3.8) is 0 Å². The number of amides is 15. The zero-order chi connectivity index (χ0) is 88.6. The van der Waals surface area contributed by atoms with Gasteiger partial charge in [0.15, 0.2) is 0 Å². The Morgan fingerprint density at radius 1 is 0.521 bits per heavy atom. The van der Waals surface area contributed by atoms with E-state index in [4.69, 9.17) is 28.8 Å². The average Bonchev–Trinajstić information content (AvgIpc) is 1.71. The molecule has 7 rings (SSSR count). The number of rotatable bonds is 49. The van der Waals surface area contributed by atoms with Crippen LogP contribution in [0.1, 0.15) is 167 Å². The molecule has 121 heavy (non-hydrogen) atoms. The number of nitrogens with zero attached hydrogens (tertiary/aromatic N) is 3. The standard InChI is InChI=1S/C83H116ClN19O18/c1-7-8-16-57(72(109)101-66(83(120)121)39-50-23-27-54(105)28-24-50)95-80(117)68-20-14-35-103(68)82(119)60(30-32-70(87)107)93-71(108)44-90-79(116)67-19-13-34-102(67)81(118)59(18-11-12-33-85)96-75(112)62(37-47(4)5)97-73(110)58(29-31-69(86)106)94-74(111)61(36-46(2)3)98-77(114)64(40-51-42-89-56-17-10-9-15-55(51)56)99-78(115)65(41-53-43-88-45-91-53)100-76(113)63(92-48(6)104)38-49-21-25-52(84)26-22-49/h9-10,15,17,21-28,42-43,45-47,57-68,89,105H,7-8,11-14,16,18-20,29-41,44,85H2,1-6H3,(H2,86,106)(H2,87,107)(H,88,91)(H,90,116)(H,92,104)(H,93,108)(H,94,111)(H,95,117)(H,96,112)(H,97,110)(H,98,114)(H,99,115)(H,100,113)(H,101,109)(H,120,121)/t57-,58-,59-,60-,61-,62-,63-,64-,65-,66-,67-,68-/m0/s1. The number of nitrogens with two attached hydrogens (primary N) is 3. The highest BCUT2D eigenvalue weighted by Gasteiger charge is 2.43. The number of fused-ring (bicyclic) bond motifs is 1. The Hall–Kier alpha value is -12.0. The predicted molar refractivity (Wildman–Crippen MR) is 445 cm³/mol. The number of unbranched alkanes of at least 4 members (excludes halogenated alkanes) is 2. The maximum Gasteiger partial charge on any atom is 0.326 e. The van der Waals surface area contributed by atoms with Crippen LogP contribution >= 0.6 is 11.6 Å². The van der Waals surface area contributed by atoms with Crippen LogP contribution in [-0.4, -0.2) is 228 Å². The molecule has 2 aliphatic rings. The third-order valence-electron chi connectivity index (χ3n) is 20.8. The molecule has 0 saturated carbocycles. The van der Waals surface area contributed by atoms with E-state index in [1.807, 2.05) is 13.0 Å². The number of carboxylic acid groups (broad SMARTS) is 1. The summed E-state index contributed by atoms with van der Waals surface area (Å²) < 4.78 is 0.